The van der Waals surface area contributed by atoms with E-state index in [9.17, 15) is 0 Å². The van der Waals surface area contributed by atoms with Crippen LogP contribution in [-0.2, 0) is 4.74 Å². The molecule has 2 fully saturated rings. The molecule has 0 aromatic rings. The molecule has 1 atom stereocenters. The number of likely N-dealkylation sites (N-methyl/N-ethyl adjacent to an activating group) is 1. The standard InChI is InChI=1S/C17H34N4O/c1-4-6-10-20(3)12-9-19-16(18-5-2)21-11-7-17(14-21)8-13-22-15-17/h4-15H2,1-3H3,(H,18,19). The van der Waals surface area contributed by atoms with Crippen molar-refractivity contribution < 1.29 is 4.74 Å². The topological polar surface area (TPSA) is 40.1 Å². The second-order valence-electron chi connectivity index (χ2n) is 6.87. The van der Waals surface area contributed by atoms with E-state index in [0.717, 1.165) is 51.9 Å². The molecule has 1 N–H and O–H groups in total. The zero-order valence-electron chi connectivity index (χ0n) is 14.7. The van der Waals surface area contributed by atoms with Gasteiger partial charge in [0.05, 0.1) is 13.2 Å². The molecule has 128 valence electrons. The molecule has 0 saturated carbocycles. The second kappa shape index (κ2) is 8.73. The molecule has 0 aromatic heterocycles. The fourth-order valence-corrected chi connectivity index (χ4v) is 3.38. The number of rotatable bonds is 7. The van der Waals surface area contributed by atoms with Gasteiger partial charge in [-0.3, -0.25) is 4.99 Å². The fourth-order valence-electron chi connectivity index (χ4n) is 3.38. The Kier molecular flexibility index (Phi) is 6.96. The summed E-state index contributed by atoms with van der Waals surface area (Å²) in [4.78, 5) is 9.66. The summed E-state index contributed by atoms with van der Waals surface area (Å²) in [5.74, 6) is 1.09. The van der Waals surface area contributed by atoms with Gasteiger partial charge in [0.25, 0.3) is 0 Å². The Balaban J connectivity index is 1.82. The number of unbranched alkanes of at least 4 members (excludes halogenated alkanes) is 1. The van der Waals surface area contributed by atoms with Gasteiger partial charge >= 0.3 is 0 Å². The lowest BCUT2D eigenvalue weighted by Crippen LogP contribution is -2.42. The van der Waals surface area contributed by atoms with Gasteiger partial charge in [0.2, 0.25) is 0 Å². The average molecular weight is 310 g/mol. The van der Waals surface area contributed by atoms with Crippen LogP contribution in [0.1, 0.15) is 39.5 Å². The third-order valence-electron chi connectivity index (χ3n) is 4.89. The lowest BCUT2D eigenvalue weighted by Gasteiger charge is -2.25. The summed E-state index contributed by atoms with van der Waals surface area (Å²) in [5.41, 5.74) is 0.397. The van der Waals surface area contributed by atoms with E-state index in [1.54, 1.807) is 0 Å². The lowest BCUT2D eigenvalue weighted by atomic mass is 9.87. The molecular weight excluding hydrogens is 276 g/mol. The largest absolute Gasteiger partial charge is 0.381 e. The Morgan fingerprint density at radius 3 is 2.86 bits per heavy atom. The van der Waals surface area contributed by atoms with E-state index in [-0.39, 0.29) is 0 Å². The monoisotopic (exact) mass is 310 g/mol. The first-order chi connectivity index (χ1) is 10.7. The molecule has 1 spiro atoms. The van der Waals surface area contributed by atoms with E-state index in [2.05, 4.69) is 36.0 Å². The van der Waals surface area contributed by atoms with Gasteiger partial charge in [0.15, 0.2) is 5.96 Å². The van der Waals surface area contributed by atoms with Gasteiger partial charge in [0.1, 0.15) is 0 Å². The van der Waals surface area contributed by atoms with Gasteiger partial charge in [-0.15, -0.1) is 0 Å². The Labute approximate surface area is 136 Å². The van der Waals surface area contributed by atoms with Gasteiger partial charge < -0.3 is 19.9 Å². The molecule has 22 heavy (non-hydrogen) atoms. The van der Waals surface area contributed by atoms with Gasteiger partial charge in [-0.25, -0.2) is 0 Å². The van der Waals surface area contributed by atoms with Crippen LogP contribution in [0.4, 0.5) is 0 Å². The molecule has 5 nitrogen and oxygen atoms in total. The molecule has 0 radical (unpaired) electrons. The van der Waals surface area contributed by atoms with Crippen LogP contribution in [0.5, 0.6) is 0 Å². The summed E-state index contributed by atoms with van der Waals surface area (Å²) in [6.45, 7) is 12.5. The predicted molar refractivity (Wildman–Crippen MR) is 92.4 cm³/mol. The van der Waals surface area contributed by atoms with Crippen LogP contribution >= 0.6 is 0 Å². The van der Waals surface area contributed by atoms with Crippen LogP contribution in [0.25, 0.3) is 0 Å². The molecule has 2 saturated heterocycles. The smallest absolute Gasteiger partial charge is 0.193 e. The summed E-state index contributed by atoms with van der Waals surface area (Å²) in [5, 5.41) is 3.46. The van der Waals surface area contributed by atoms with Crippen molar-refractivity contribution in [3.63, 3.8) is 0 Å². The summed E-state index contributed by atoms with van der Waals surface area (Å²) < 4.78 is 5.63. The Morgan fingerprint density at radius 1 is 1.32 bits per heavy atom. The third-order valence-corrected chi connectivity index (χ3v) is 4.89. The number of aliphatic imine (C=N–C) groups is 1. The highest BCUT2D eigenvalue weighted by atomic mass is 16.5. The highest BCUT2D eigenvalue weighted by Crippen LogP contribution is 2.38. The van der Waals surface area contributed by atoms with Crippen molar-refractivity contribution in [2.75, 3.05) is 59.5 Å². The van der Waals surface area contributed by atoms with E-state index >= 15 is 0 Å². The fraction of sp³-hybridized carbons (Fsp3) is 0.941. The van der Waals surface area contributed by atoms with Crippen molar-refractivity contribution in [2.45, 2.75) is 39.5 Å². The van der Waals surface area contributed by atoms with Crippen LogP contribution in [-0.4, -0.2) is 75.3 Å². The summed E-state index contributed by atoms with van der Waals surface area (Å²) in [7, 11) is 2.19. The average Bonchev–Trinajstić information content (AvgIpc) is 3.15. The normalized spacial score (nSPS) is 25.6. The molecule has 1 unspecified atom stereocenters. The first-order valence-corrected chi connectivity index (χ1v) is 8.98. The van der Waals surface area contributed by atoms with Crippen LogP contribution in [0.2, 0.25) is 0 Å². The minimum atomic E-state index is 0.397. The van der Waals surface area contributed by atoms with E-state index in [1.807, 2.05) is 0 Å². The maximum Gasteiger partial charge on any atom is 0.193 e. The van der Waals surface area contributed by atoms with E-state index < -0.39 is 0 Å². The van der Waals surface area contributed by atoms with E-state index in [1.165, 1.54) is 32.2 Å². The van der Waals surface area contributed by atoms with Gasteiger partial charge in [-0.1, -0.05) is 13.3 Å². The maximum atomic E-state index is 5.63. The number of nitrogens with one attached hydrogen (secondary N) is 1. The number of hydrogen-bond acceptors (Lipinski definition) is 3. The van der Waals surface area contributed by atoms with Crippen molar-refractivity contribution in [1.29, 1.82) is 0 Å². The molecule has 2 aliphatic heterocycles. The molecular formula is C17H34N4O. The maximum absolute atomic E-state index is 5.63. The van der Waals surface area contributed by atoms with Crippen LogP contribution in [0, 0.1) is 5.41 Å². The SMILES string of the molecule is CCCCN(C)CCN=C(NCC)N1CCC2(CCOC2)C1. The highest BCUT2D eigenvalue weighted by molar-refractivity contribution is 5.80. The third kappa shape index (κ3) is 4.85. The summed E-state index contributed by atoms with van der Waals surface area (Å²) >= 11 is 0. The number of nitrogens with zero attached hydrogens (tertiary/aromatic N) is 3. The van der Waals surface area contributed by atoms with Gasteiger partial charge in [-0.2, -0.15) is 0 Å². The Morgan fingerprint density at radius 2 is 2.18 bits per heavy atom. The van der Waals surface area contributed by atoms with E-state index in [4.69, 9.17) is 9.73 Å². The van der Waals surface area contributed by atoms with Crippen molar-refractivity contribution in [2.24, 2.45) is 10.4 Å². The van der Waals surface area contributed by atoms with Crippen molar-refractivity contribution in [3.8, 4) is 0 Å². The lowest BCUT2D eigenvalue weighted by molar-refractivity contribution is 0.156. The molecule has 2 heterocycles. The zero-order chi connectivity index (χ0) is 15.8. The minimum Gasteiger partial charge on any atom is -0.381 e. The van der Waals surface area contributed by atoms with Crippen LogP contribution < -0.4 is 5.32 Å². The molecule has 0 aromatic carbocycles. The van der Waals surface area contributed by atoms with Crippen molar-refractivity contribution in [1.82, 2.24) is 15.1 Å². The molecule has 2 rings (SSSR count). The first kappa shape index (κ1) is 17.5. The molecule has 5 heteroatoms. The van der Waals surface area contributed by atoms with Crippen LogP contribution in [0.3, 0.4) is 0 Å². The number of hydrogen-bond donors (Lipinski definition) is 1. The second-order valence-corrected chi connectivity index (χ2v) is 6.87. The molecule has 0 aliphatic carbocycles. The predicted octanol–water partition coefficient (Wildman–Crippen LogP) is 1.80. The number of guanidine groups is 1. The van der Waals surface area contributed by atoms with E-state index in [0.29, 0.717) is 5.41 Å². The number of ether oxygens (including phenoxy) is 1. The van der Waals surface area contributed by atoms with Crippen molar-refractivity contribution in [3.05, 3.63) is 0 Å². The molecule has 0 amide bonds. The minimum absolute atomic E-state index is 0.397. The van der Waals surface area contributed by atoms with Gasteiger partial charge in [-0.05, 0) is 39.8 Å². The zero-order valence-corrected chi connectivity index (χ0v) is 14.7. The number of likely N-dealkylation sites (tertiary alicyclic amines) is 1. The Hall–Kier alpha value is -0.810. The highest BCUT2D eigenvalue weighted by Gasteiger charge is 2.42. The van der Waals surface area contributed by atoms with Crippen molar-refractivity contribution >= 4 is 5.96 Å². The summed E-state index contributed by atoms with van der Waals surface area (Å²) in [6.07, 6.45) is 4.99. The molecule has 2 aliphatic rings. The first-order valence-electron chi connectivity index (χ1n) is 8.98. The molecule has 0 bridgehead atoms. The Bertz CT molecular complexity index is 353. The quantitative estimate of drug-likeness (QED) is 0.575. The van der Waals surface area contributed by atoms with Gasteiger partial charge in [0, 0.05) is 38.2 Å². The summed E-state index contributed by atoms with van der Waals surface area (Å²) in [6, 6.07) is 0. The van der Waals surface area contributed by atoms with Crippen LogP contribution in [0.15, 0.2) is 4.99 Å².